The van der Waals surface area contributed by atoms with Gasteiger partial charge in [-0.3, -0.25) is 4.79 Å². The van der Waals surface area contributed by atoms with Crippen molar-refractivity contribution in [3.8, 4) is 5.75 Å². The first-order valence-corrected chi connectivity index (χ1v) is 6.90. The normalized spacial score (nSPS) is 11.9. The highest BCUT2D eigenvalue weighted by atomic mass is 16.5. The average molecular weight is 264 g/mol. The summed E-state index contributed by atoms with van der Waals surface area (Å²) in [5.41, 5.74) is 1.08. The summed E-state index contributed by atoms with van der Waals surface area (Å²) in [4.78, 5) is 11.5. The summed E-state index contributed by atoms with van der Waals surface area (Å²) in [6.07, 6.45) is 0.930. The molecule has 0 radical (unpaired) electrons. The Labute approximate surface area is 115 Å². The van der Waals surface area contributed by atoms with Crippen LogP contribution in [0.2, 0.25) is 0 Å². The second-order valence-corrected chi connectivity index (χ2v) is 4.46. The lowest BCUT2D eigenvalue weighted by molar-refractivity contribution is -0.123. The predicted octanol–water partition coefficient (Wildman–Crippen LogP) is 2.26. The Hall–Kier alpha value is -1.55. The van der Waals surface area contributed by atoms with Crippen molar-refractivity contribution in [2.75, 3.05) is 19.7 Å². The average Bonchev–Trinajstić information content (AvgIpc) is 2.43. The monoisotopic (exact) mass is 264 g/mol. The van der Waals surface area contributed by atoms with Gasteiger partial charge in [-0.1, -0.05) is 32.0 Å². The van der Waals surface area contributed by atoms with Gasteiger partial charge in [-0.25, -0.2) is 0 Å². The maximum Gasteiger partial charge on any atom is 0.257 e. The van der Waals surface area contributed by atoms with E-state index in [1.165, 1.54) is 0 Å². The molecule has 19 heavy (non-hydrogen) atoms. The van der Waals surface area contributed by atoms with Crippen LogP contribution >= 0.6 is 0 Å². The SMILES string of the molecule is CCCNC(=O)COc1ccccc1C(C)NCC. The van der Waals surface area contributed by atoms with Crippen LogP contribution in [0.1, 0.15) is 38.8 Å². The van der Waals surface area contributed by atoms with E-state index < -0.39 is 0 Å². The number of ether oxygens (including phenoxy) is 1. The third-order valence-electron chi connectivity index (χ3n) is 2.83. The lowest BCUT2D eigenvalue weighted by Crippen LogP contribution is -2.29. The Kier molecular flexibility index (Phi) is 6.97. The topological polar surface area (TPSA) is 50.4 Å². The van der Waals surface area contributed by atoms with Crippen molar-refractivity contribution in [3.63, 3.8) is 0 Å². The molecular weight excluding hydrogens is 240 g/mol. The molecule has 1 rings (SSSR count). The van der Waals surface area contributed by atoms with E-state index in [1.807, 2.05) is 31.2 Å². The Balaban J connectivity index is 2.60. The number of rotatable bonds is 8. The van der Waals surface area contributed by atoms with Gasteiger partial charge in [0.1, 0.15) is 5.75 Å². The van der Waals surface area contributed by atoms with Crippen molar-refractivity contribution in [3.05, 3.63) is 29.8 Å². The molecule has 1 unspecified atom stereocenters. The first-order valence-electron chi connectivity index (χ1n) is 6.90. The lowest BCUT2D eigenvalue weighted by Gasteiger charge is -2.17. The van der Waals surface area contributed by atoms with Gasteiger partial charge in [-0.15, -0.1) is 0 Å². The minimum Gasteiger partial charge on any atom is -0.483 e. The molecule has 1 amide bonds. The summed E-state index contributed by atoms with van der Waals surface area (Å²) in [6, 6.07) is 8.03. The molecular formula is C15H24N2O2. The van der Waals surface area contributed by atoms with Gasteiger partial charge in [0.25, 0.3) is 5.91 Å². The van der Waals surface area contributed by atoms with Crippen LogP contribution < -0.4 is 15.4 Å². The summed E-state index contributed by atoms with van der Waals surface area (Å²) in [6.45, 7) is 7.83. The van der Waals surface area contributed by atoms with Crippen molar-refractivity contribution in [1.82, 2.24) is 10.6 Å². The zero-order valence-corrected chi connectivity index (χ0v) is 12.0. The first-order chi connectivity index (χ1) is 9.19. The van der Waals surface area contributed by atoms with Crippen LogP contribution in [0.4, 0.5) is 0 Å². The van der Waals surface area contributed by atoms with Crippen LogP contribution in [-0.2, 0) is 4.79 Å². The van der Waals surface area contributed by atoms with Gasteiger partial charge in [-0.05, 0) is 26.0 Å². The van der Waals surface area contributed by atoms with E-state index in [-0.39, 0.29) is 18.6 Å². The fourth-order valence-electron chi connectivity index (χ4n) is 1.84. The Morgan fingerprint density at radius 1 is 1.32 bits per heavy atom. The van der Waals surface area contributed by atoms with Gasteiger partial charge in [0, 0.05) is 18.2 Å². The third-order valence-corrected chi connectivity index (χ3v) is 2.83. The molecule has 1 aromatic rings. The molecule has 0 saturated heterocycles. The molecule has 0 heterocycles. The molecule has 4 nitrogen and oxygen atoms in total. The first kappa shape index (κ1) is 15.5. The minimum absolute atomic E-state index is 0.0653. The zero-order chi connectivity index (χ0) is 14.1. The molecule has 0 bridgehead atoms. The van der Waals surface area contributed by atoms with Crippen LogP contribution in [0.15, 0.2) is 24.3 Å². The van der Waals surface area contributed by atoms with Crippen LogP contribution in [0.5, 0.6) is 5.75 Å². The van der Waals surface area contributed by atoms with Gasteiger partial charge in [0.15, 0.2) is 6.61 Å². The van der Waals surface area contributed by atoms with E-state index in [0.29, 0.717) is 6.54 Å². The number of nitrogens with one attached hydrogen (secondary N) is 2. The quantitative estimate of drug-likeness (QED) is 0.757. The Morgan fingerprint density at radius 2 is 2.05 bits per heavy atom. The molecule has 0 spiro atoms. The van der Waals surface area contributed by atoms with E-state index in [0.717, 1.165) is 24.3 Å². The predicted molar refractivity (Wildman–Crippen MR) is 77.3 cm³/mol. The van der Waals surface area contributed by atoms with Crippen molar-refractivity contribution in [2.24, 2.45) is 0 Å². The standard InChI is InChI=1S/C15H24N2O2/c1-4-10-17-15(18)11-19-14-9-7-6-8-13(14)12(3)16-5-2/h6-9,12,16H,4-5,10-11H2,1-3H3,(H,17,18). The van der Waals surface area contributed by atoms with Gasteiger partial charge >= 0.3 is 0 Å². The third kappa shape index (κ3) is 5.30. The molecule has 0 aliphatic carbocycles. The molecule has 0 aliphatic rings. The molecule has 0 aliphatic heterocycles. The Bertz CT molecular complexity index is 393. The second-order valence-electron chi connectivity index (χ2n) is 4.46. The summed E-state index contributed by atoms with van der Waals surface area (Å²) >= 11 is 0. The molecule has 1 atom stereocenters. The van der Waals surface area contributed by atoms with E-state index in [2.05, 4.69) is 24.5 Å². The lowest BCUT2D eigenvalue weighted by atomic mass is 10.1. The highest BCUT2D eigenvalue weighted by Crippen LogP contribution is 2.24. The van der Waals surface area contributed by atoms with E-state index in [4.69, 9.17) is 4.74 Å². The summed E-state index contributed by atoms with van der Waals surface area (Å²) in [5.74, 6) is 0.690. The number of carbonyl (C=O) groups excluding carboxylic acids is 1. The summed E-state index contributed by atoms with van der Waals surface area (Å²) in [5, 5.41) is 6.14. The maximum atomic E-state index is 11.5. The van der Waals surface area contributed by atoms with Crippen molar-refractivity contribution < 1.29 is 9.53 Å². The highest BCUT2D eigenvalue weighted by molar-refractivity contribution is 5.77. The largest absolute Gasteiger partial charge is 0.483 e. The van der Waals surface area contributed by atoms with Crippen LogP contribution in [-0.4, -0.2) is 25.6 Å². The fraction of sp³-hybridized carbons (Fsp3) is 0.533. The van der Waals surface area contributed by atoms with Gasteiger partial charge in [-0.2, -0.15) is 0 Å². The van der Waals surface area contributed by atoms with Crippen LogP contribution in [0.3, 0.4) is 0 Å². The smallest absolute Gasteiger partial charge is 0.257 e. The summed E-state index contributed by atoms with van der Waals surface area (Å²) in [7, 11) is 0. The Morgan fingerprint density at radius 3 is 2.74 bits per heavy atom. The minimum atomic E-state index is -0.0762. The molecule has 0 fully saturated rings. The molecule has 4 heteroatoms. The van der Waals surface area contributed by atoms with Gasteiger partial charge in [0.2, 0.25) is 0 Å². The highest BCUT2D eigenvalue weighted by Gasteiger charge is 2.11. The maximum absolute atomic E-state index is 11.5. The van der Waals surface area contributed by atoms with Crippen LogP contribution in [0, 0.1) is 0 Å². The zero-order valence-electron chi connectivity index (χ0n) is 12.0. The molecule has 1 aromatic carbocycles. The number of amides is 1. The number of carbonyl (C=O) groups is 1. The molecule has 106 valence electrons. The van der Waals surface area contributed by atoms with E-state index >= 15 is 0 Å². The van der Waals surface area contributed by atoms with Crippen molar-refractivity contribution in [2.45, 2.75) is 33.2 Å². The van der Waals surface area contributed by atoms with Crippen molar-refractivity contribution >= 4 is 5.91 Å². The number of hydrogen-bond donors (Lipinski definition) is 2. The summed E-state index contributed by atoms with van der Waals surface area (Å²) < 4.78 is 5.61. The molecule has 0 aromatic heterocycles. The fourth-order valence-corrected chi connectivity index (χ4v) is 1.84. The van der Waals surface area contributed by atoms with E-state index in [9.17, 15) is 4.79 Å². The van der Waals surface area contributed by atoms with Crippen molar-refractivity contribution in [1.29, 1.82) is 0 Å². The van der Waals surface area contributed by atoms with Gasteiger partial charge in [0.05, 0.1) is 0 Å². The molecule has 2 N–H and O–H groups in total. The molecule has 0 saturated carbocycles. The second kappa shape index (κ2) is 8.53. The number of hydrogen-bond acceptors (Lipinski definition) is 3. The van der Waals surface area contributed by atoms with E-state index in [1.54, 1.807) is 0 Å². The number of benzene rings is 1. The number of para-hydroxylation sites is 1. The van der Waals surface area contributed by atoms with Crippen LogP contribution in [0.25, 0.3) is 0 Å². The van der Waals surface area contributed by atoms with Gasteiger partial charge < -0.3 is 15.4 Å².